The number of hydrogen-bond acceptors (Lipinski definition) is 16. The Balaban J connectivity index is 0.846. The van der Waals surface area contributed by atoms with Gasteiger partial charge in [0.15, 0.2) is 8.07 Å². The molecule has 2 aliphatic heterocycles. The van der Waals surface area contributed by atoms with E-state index in [1.807, 2.05) is 97.1 Å². The monoisotopic (exact) mass is 1570 g/mol. The van der Waals surface area contributed by atoms with E-state index in [0.717, 1.165) is 153 Å². The summed E-state index contributed by atoms with van der Waals surface area (Å²) in [5.41, 5.74) is 17.6. The number of ether oxygens (including phenoxy) is 8. The maximum atomic E-state index is 5.69. The standard InChI is InChI=1S/C96H76N4O8S4Si/c1-101-73-29-13-65(14-30-73)97(66-15-31-74(102-2)32-16-66)93-53-49-85(109-93)61-9-45-81-82-46-10-62(86-50-54-94(110-86)98(67-17-33-75(103-3)34-18-67)68-19-35-76(104-4)36-20-68)58-90(82)113(89(81)57-61)91-59-63(87-51-55-95(111-87)99(69-21-37-77(105-5)38-22-69)70-23-39-78(106-6)40-24-70)11-47-83(91)84-48-12-64(60-92(84)113)88-52-56-96(112-88)100(71-25-41-79(107-7)42-26-71)72-27-43-80(108-8)44-28-72/h9-60H,1-8H3. The molecule has 12 aromatic carbocycles. The summed E-state index contributed by atoms with van der Waals surface area (Å²) in [7, 11) is 10.2. The lowest BCUT2D eigenvalue weighted by Gasteiger charge is -2.29. The molecule has 0 atom stereocenters. The first-order chi connectivity index (χ1) is 55.5. The molecule has 16 aromatic rings. The van der Waals surface area contributed by atoms with E-state index in [9.17, 15) is 0 Å². The molecule has 18 rings (SSSR count). The van der Waals surface area contributed by atoms with Crippen LogP contribution in [-0.2, 0) is 0 Å². The maximum absolute atomic E-state index is 5.69. The third-order valence-corrected chi connectivity index (χ3v) is 30.7. The predicted molar refractivity (Wildman–Crippen MR) is 472 cm³/mol. The topological polar surface area (TPSA) is 86.8 Å². The minimum absolute atomic E-state index is 0.789. The van der Waals surface area contributed by atoms with Crippen molar-refractivity contribution in [3.63, 3.8) is 0 Å². The Hall–Kier alpha value is -12.7. The fourth-order valence-corrected chi connectivity index (χ4v) is 25.6. The van der Waals surface area contributed by atoms with E-state index in [4.69, 9.17) is 37.9 Å². The van der Waals surface area contributed by atoms with Crippen LogP contribution in [0, 0.1) is 0 Å². The highest BCUT2D eigenvalue weighted by atomic mass is 32.1. The fraction of sp³-hybridized carbons (Fsp3) is 0.0833. The highest BCUT2D eigenvalue weighted by Gasteiger charge is 2.55. The molecule has 12 nitrogen and oxygen atoms in total. The van der Waals surface area contributed by atoms with Crippen molar-refractivity contribution in [3.8, 4) is 110 Å². The summed E-state index contributed by atoms with van der Waals surface area (Å²) in [4.78, 5) is 13.9. The second-order valence-electron chi connectivity index (χ2n) is 27.3. The van der Waals surface area contributed by atoms with Crippen LogP contribution >= 0.6 is 45.3 Å². The smallest absolute Gasteiger partial charge is 0.182 e. The van der Waals surface area contributed by atoms with Gasteiger partial charge in [-0.15, -0.1) is 45.3 Å². The van der Waals surface area contributed by atoms with Gasteiger partial charge in [0.25, 0.3) is 0 Å². The minimum atomic E-state index is -3.48. The lowest BCUT2D eigenvalue weighted by atomic mass is 10.0. The first-order valence-corrected chi connectivity index (χ1v) is 42.1. The van der Waals surface area contributed by atoms with Gasteiger partial charge < -0.3 is 57.5 Å². The van der Waals surface area contributed by atoms with Gasteiger partial charge in [0.1, 0.15) is 66.0 Å². The summed E-state index contributed by atoms with van der Waals surface area (Å²) < 4.78 is 45.5. The fourth-order valence-electron chi connectivity index (χ4n) is 15.7. The molecule has 0 saturated heterocycles. The van der Waals surface area contributed by atoms with Crippen LogP contribution in [-0.4, -0.2) is 65.0 Å². The zero-order valence-electron chi connectivity index (χ0n) is 63.2. The Morgan fingerprint density at radius 3 is 0.496 bits per heavy atom. The van der Waals surface area contributed by atoms with Crippen LogP contribution in [0.1, 0.15) is 0 Å². The maximum Gasteiger partial charge on any atom is 0.182 e. The van der Waals surface area contributed by atoms with Crippen LogP contribution in [0.25, 0.3) is 64.0 Å². The molecule has 0 N–H and O–H groups in total. The number of hydrogen-bond donors (Lipinski definition) is 0. The molecule has 1 spiro atoms. The average molecular weight is 1570 g/mol. The van der Waals surface area contributed by atoms with Crippen LogP contribution in [0.15, 0.2) is 315 Å². The number of rotatable bonds is 24. The Bertz CT molecular complexity index is 5180. The zero-order valence-corrected chi connectivity index (χ0v) is 67.5. The zero-order chi connectivity index (χ0) is 76.8. The lowest BCUT2D eigenvalue weighted by Crippen LogP contribution is -2.70. The van der Waals surface area contributed by atoms with Gasteiger partial charge in [0, 0.05) is 65.0 Å². The molecule has 556 valence electrons. The molecule has 0 unspecified atom stereocenters. The summed E-state index contributed by atoms with van der Waals surface area (Å²) in [5, 5.41) is 9.65. The van der Waals surface area contributed by atoms with E-state index in [2.05, 4.69) is 238 Å². The van der Waals surface area contributed by atoms with E-state index in [-0.39, 0.29) is 0 Å². The van der Waals surface area contributed by atoms with Crippen molar-refractivity contribution < 1.29 is 37.9 Å². The quantitative estimate of drug-likeness (QED) is 0.0540. The van der Waals surface area contributed by atoms with Crippen molar-refractivity contribution >= 4 is 140 Å². The molecule has 4 aromatic heterocycles. The molecular formula is C96H76N4O8S4Si. The van der Waals surface area contributed by atoms with E-state index >= 15 is 0 Å². The Labute approximate surface area is 674 Å². The summed E-state index contributed by atoms with van der Waals surface area (Å²) >= 11 is 7.13. The minimum Gasteiger partial charge on any atom is -0.497 e. The van der Waals surface area contributed by atoms with Gasteiger partial charge in [-0.1, -0.05) is 72.8 Å². The number of benzene rings is 12. The normalized spacial score (nSPS) is 12.0. The van der Waals surface area contributed by atoms with E-state index in [1.54, 1.807) is 102 Å². The number of thiophene rings is 4. The van der Waals surface area contributed by atoms with Gasteiger partial charge in [-0.05, 0) is 308 Å². The molecule has 0 saturated carbocycles. The van der Waals surface area contributed by atoms with Crippen LogP contribution in [0.2, 0.25) is 0 Å². The van der Waals surface area contributed by atoms with Crippen molar-refractivity contribution in [3.05, 3.63) is 315 Å². The second-order valence-corrected chi connectivity index (χ2v) is 35.2. The summed E-state index contributed by atoms with van der Waals surface area (Å²) in [6, 6.07) is 114. The summed E-state index contributed by atoms with van der Waals surface area (Å²) in [6.45, 7) is 0. The Kier molecular flexibility index (Phi) is 19.4. The summed E-state index contributed by atoms with van der Waals surface area (Å²) in [6.07, 6.45) is 0. The van der Waals surface area contributed by atoms with Gasteiger partial charge >= 0.3 is 0 Å². The van der Waals surface area contributed by atoms with Crippen LogP contribution in [0.4, 0.5) is 65.5 Å². The molecule has 0 aliphatic carbocycles. The van der Waals surface area contributed by atoms with Gasteiger partial charge in [-0.25, -0.2) is 0 Å². The SMILES string of the molecule is COc1ccc(N(c2ccc(OC)cc2)c2ccc(-c3ccc4c(c3)[Si]3(c5cc(-c6ccc(N(c7ccc(OC)cc7)c7ccc(OC)cc7)s6)ccc5-4)c4cc(-c5ccc(N(c6ccc(OC)cc6)c6ccc(OC)cc6)s5)ccc4-c4ccc(-c5ccc(N(c6ccc(OC)cc6)c6ccc(OC)cc6)s5)cc43)s2)cc1. The molecule has 0 amide bonds. The molecule has 6 heterocycles. The van der Waals surface area contributed by atoms with E-state index in [1.165, 1.54) is 43.0 Å². The van der Waals surface area contributed by atoms with Crippen molar-refractivity contribution in [1.29, 1.82) is 0 Å². The van der Waals surface area contributed by atoms with Crippen molar-refractivity contribution in [1.82, 2.24) is 0 Å². The van der Waals surface area contributed by atoms with Crippen molar-refractivity contribution in [2.24, 2.45) is 0 Å². The highest BCUT2D eigenvalue weighted by molar-refractivity contribution is 7.25. The molecule has 2 aliphatic rings. The summed E-state index contributed by atoms with van der Waals surface area (Å²) in [5.74, 6) is 6.32. The van der Waals surface area contributed by atoms with Gasteiger partial charge in [0.05, 0.1) is 56.9 Å². The molecular weight excluding hydrogens is 1490 g/mol. The van der Waals surface area contributed by atoms with E-state index < -0.39 is 8.07 Å². The third kappa shape index (κ3) is 13.1. The Morgan fingerprint density at radius 1 is 0.186 bits per heavy atom. The first-order valence-electron chi connectivity index (χ1n) is 36.9. The number of anilines is 12. The molecule has 113 heavy (non-hydrogen) atoms. The second kappa shape index (κ2) is 30.5. The van der Waals surface area contributed by atoms with Gasteiger partial charge in [0.2, 0.25) is 0 Å². The van der Waals surface area contributed by atoms with Crippen LogP contribution < -0.4 is 78.2 Å². The van der Waals surface area contributed by atoms with Crippen molar-refractivity contribution in [2.45, 2.75) is 0 Å². The van der Waals surface area contributed by atoms with Gasteiger partial charge in [-0.2, -0.15) is 0 Å². The number of nitrogens with zero attached hydrogens (tertiary/aromatic N) is 4. The molecule has 0 bridgehead atoms. The Morgan fingerprint density at radius 2 is 0.345 bits per heavy atom. The number of fused-ring (bicyclic) bond motifs is 10. The van der Waals surface area contributed by atoms with Crippen LogP contribution in [0.5, 0.6) is 46.0 Å². The third-order valence-electron chi connectivity index (χ3n) is 21.3. The largest absolute Gasteiger partial charge is 0.497 e. The predicted octanol–water partition coefficient (Wildman–Crippen LogP) is 23.9. The lowest BCUT2D eigenvalue weighted by molar-refractivity contribution is 0.414. The molecule has 0 fully saturated rings. The van der Waals surface area contributed by atoms with Gasteiger partial charge in [-0.3, -0.25) is 0 Å². The first kappa shape index (κ1) is 71.8. The van der Waals surface area contributed by atoms with E-state index in [0.29, 0.717) is 0 Å². The number of methoxy groups -OCH3 is 8. The highest BCUT2D eigenvalue weighted by Crippen LogP contribution is 2.51. The molecule has 0 radical (unpaired) electrons. The van der Waals surface area contributed by atoms with Crippen molar-refractivity contribution in [2.75, 3.05) is 76.5 Å². The van der Waals surface area contributed by atoms with Crippen LogP contribution in [0.3, 0.4) is 0 Å². The molecule has 17 heteroatoms. The average Bonchev–Trinajstić information content (AvgIpc) is 1.50.